The lowest BCUT2D eigenvalue weighted by molar-refractivity contribution is -0.119. The van der Waals surface area contributed by atoms with Gasteiger partial charge < -0.3 is 15.2 Å². The summed E-state index contributed by atoms with van der Waals surface area (Å²) in [4.78, 5) is 22.0. The molecule has 1 amide bonds. The fraction of sp³-hybridized carbons (Fsp3) is 0.389. The smallest absolute Gasteiger partial charge is 0.241 e. The summed E-state index contributed by atoms with van der Waals surface area (Å²) in [7, 11) is 1.62. The number of primary amides is 1. The standard InChI is InChI=1S/C18H22N4O3/c1-24-14-3-2-4-15(11-14)25-18-17(20-7-8-21-18)13-5-9-22(10-6-13)12-16(19)23/h2-4,7-8,11,13H,5-6,9-10,12H2,1H3,(H2,19,23). The van der Waals surface area contributed by atoms with Crippen LogP contribution in [0.15, 0.2) is 36.7 Å². The number of hydrogen-bond acceptors (Lipinski definition) is 6. The minimum absolute atomic E-state index is 0.249. The van der Waals surface area contributed by atoms with Crippen LogP contribution in [0, 0.1) is 0 Å². The normalized spacial score (nSPS) is 15.7. The summed E-state index contributed by atoms with van der Waals surface area (Å²) in [5.41, 5.74) is 6.12. The molecule has 25 heavy (non-hydrogen) atoms. The highest BCUT2D eigenvalue weighted by atomic mass is 16.5. The lowest BCUT2D eigenvalue weighted by Gasteiger charge is -2.30. The van der Waals surface area contributed by atoms with Gasteiger partial charge in [0, 0.05) is 24.4 Å². The number of likely N-dealkylation sites (tertiary alicyclic amines) is 1. The second-order valence-corrected chi connectivity index (χ2v) is 6.04. The SMILES string of the molecule is COc1cccc(Oc2nccnc2C2CCN(CC(N)=O)CC2)c1. The van der Waals surface area contributed by atoms with Gasteiger partial charge in [0.15, 0.2) is 0 Å². The van der Waals surface area contributed by atoms with E-state index in [4.69, 9.17) is 15.2 Å². The number of piperidine rings is 1. The number of carbonyl (C=O) groups excluding carboxylic acids is 1. The first-order valence-electron chi connectivity index (χ1n) is 8.29. The third kappa shape index (κ3) is 4.45. The van der Waals surface area contributed by atoms with Gasteiger partial charge >= 0.3 is 0 Å². The molecule has 1 aliphatic rings. The number of methoxy groups -OCH3 is 1. The molecule has 0 bridgehead atoms. The van der Waals surface area contributed by atoms with Crippen molar-refractivity contribution in [2.75, 3.05) is 26.7 Å². The Labute approximate surface area is 146 Å². The van der Waals surface area contributed by atoms with Gasteiger partial charge in [0.2, 0.25) is 11.8 Å². The lowest BCUT2D eigenvalue weighted by Crippen LogP contribution is -2.39. The first-order valence-corrected chi connectivity index (χ1v) is 8.29. The molecule has 0 spiro atoms. The minimum Gasteiger partial charge on any atom is -0.497 e. The summed E-state index contributed by atoms with van der Waals surface area (Å²) >= 11 is 0. The van der Waals surface area contributed by atoms with Gasteiger partial charge in [-0.1, -0.05) is 6.07 Å². The Morgan fingerprint density at radius 3 is 2.68 bits per heavy atom. The van der Waals surface area contributed by atoms with Crippen LogP contribution in [0.25, 0.3) is 0 Å². The van der Waals surface area contributed by atoms with E-state index in [2.05, 4.69) is 14.9 Å². The number of amides is 1. The zero-order chi connectivity index (χ0) is 17.6. The van der Waals surface area contributed by atoms with E-state index in [0.29, 0.717) is 18.2 Å². The summed E-state index contributed by atoms with van der Waals surface area (Å²) in [5.74, 6) is 1.86. The Bertz CT molecular complexity index is 730. The number of benzene rings is 1. The van der Waals surface area contributed by atoms with E-state index in [0.717, 1.165) is 37.4 Å². The minimum atomic E-state index is -0.292. The molecular formula is C18H22N4O3. The van der Waals surface area contributed by atoms with Crippen LogP contribution in [0.3, 0.4) is 0 Å². The molecule has 1 aromatic carbocycles. The van der Waals surface area contributed by atoms with Crippen molar-refractivity contribution in [2.45, 2.75) is 18.8 Å². The molecule has 0 aliphatic carbocycles. The van der Waals surface area contributed by atoms with Gasteiger partial charge in [-0.25, -0.2) is 4.98 Å². The van der Waals surface area contributed by atoms with E-state index in [1.54, 1.807) is 19.5 Å². The summed E-state index contributed by atoms with van der Waals surface area (Å²) in [6.07, 6.45) is 5.09. The van der Waals surface area contributed by atoms with Crippen molar-refractivity contribution in [1.82, 2.24) is 14.9 Å². The molecule has 0 unspecified atom stereocenters. The number of hydrogen-bond donors (Lipinski definition) is 1. The van der Waals surface area contributed by atoms with Gasteiger partial charge in [0.1, 0.15) is 17.2 Å². The average Bonchev–Trinajstić information content (AvgIpc) is 2.63. The van der Waals surface area contributed by atoms with E-state index in [9.17, 15) is 4.79 Å². The van der Waals surface area contributed by atoms with Crippen molar-refractivity contribution in [3.63, 3.8) is 0 Å². The van der Waals surface area contributed by atoms with E-state index < -0.39 is 0 Å². The van der Waals surface area contributed by atoms with Gasteiger partial charge in [0.05, 0.1) is 13.7 Å². The number of aromatic nitrogens is 2. The third-order valence-corrected chi connectivity index (χ3v) is 4.30. The Hall–Kier alpha value is -2.67. The second-order valence-electron chi connectivity index (χ2n) is 6.04. The van der Waals surface area contributed by atoms with Crippen molar-refractivity contribution >= 4 is 5.91 Å². The van der Waals surface area contributed by atoms with E-state index in [1.165, 1.54) is 0 Å². The largest absolute Gasteiger partial charge is 0.497 e. The number of carbonyl (C=O) groups is 1. The maximum Gasteiger partial charge on any atom is 0.241 e. The third-order valence-electron chi connectivity index (χ3n) is 4.30. The van der Waals surface area contributed by atoms with Gasteiger partial charge in [-0.2, -0.15) is 0 Å². The highest BCUT2D eigenvalue weighted by molar-refractivity contribution is 5.75. The van der Waals surface area contributed by atoms with Crippen molar-refractivity contribution in [3.8, 4) is 17.4 Å². The van der Waals surface area contributed by atoms with Gasteiger partial charge in [-0.05, 0) is 38.1 Å². The Kier molecular flexibility index (Phi) is 5.45. The molecule has 1 fully saturated rings. The highest BCUT2D eigenvalue weighted by Gasteiger charge is 2.25. The van der Waals surface area contributed by atoms with Crippen LogP contribution in [0.5, 0.6) is 17.4 Å². The van der Waals surface area contributed by atoms with Crippen LogP contribution in [0.1, 0.15) is 24.5 Å². The van der Waals surface area contributed by atoms with Crippen LogP contribution in [0.2, 0.25) is 0 Å². The molecule has 132 valence electrons. The van der Waals surface area contributed by atoms with Gasteiger partial charge in [-0.3, -0.25) is 14.7 Å². The Morgan fingerprint density at radius 1 is 1.24 bits per heavy atom. The molecule has 1 aromatic heterocycles. The quantitative estimate of drug-likeness (QED) is 0.863. The van der Waals surface area contributed by atoms with E-state index in [1.807, 2.05) is 24.3 Å². The van der Waals surface area contributed by atoms with Crippen molar-refractivity contribution in [2.24, 2.45) is 5.73 Å². The number of ether oxygens (including phenoxy) is 2. The number of nitrogens with two attached hydrogens (primary N) is 1. The summed E-state index contributed by atoms with van der Waals surface area (Å²) in [5, 5.41) is 0. The number of rotatable bonds is 6. The first kappa shape index (κ1) is 17.2. The monoisotopic (exact) mass is 342 g/mol. The molecule has 0 atom stereocenters. The van der Waals surface area contributed by atoms with Crippen molar-refractivity contribution in [3.05, 3.63) is 42.4 Å². The zero-order valence-corrected chi connectivity index (χ0v) is 14.2. The molecular weight excluding hydrogens is 320 g/mol. The zero-order valence-electron chi connectivity index (χ0n) is 14.2. The summed E-state index contributed by atoms with van der Waals surface area (Å²) in [6, 6.07) is 7.40. The molecule has 1 aliphatic heterocycles. The molecule has 0 saturated carbocycles. The van der Waals surface area contributed by atoms with Crippen LogP contribution >= 0.6 is 0 Å². The molecule has 7 heteroatoms. The first-order chi connectivity index (χ1) is 12.2. The highest BCUT2D eigenvalue weighted by Crippen LogP contribution is 2.34. The van der Waals surface area contributed by atoms with Crippen LogP contribution in [0.4, 0.5) is 0 Å². The van der Waals surface area contributed by atoms with Gasteiger partial charge in [-0.15, -0.1) is 0 Å². The second kappa shape index (κ2) is 7.94. The van der Waals surface area contributed by atoms with Crippen molar-refractivity contribution < 1.29 is 14.3 Å². The molecule has 2 aromatic rings. The predicted molar refractivity (Wildman–Crippen MR) is 92.7 cm³/mol. The molecule has 0 radical (unpaired) electrons. The maximum atomic E-state index is 11.1. The molecule has 2 N–H and O–H groups in total. The van der Waals surface area contributed by atoms with E-state index >= 15 is 0 Å². The van der Waals surface area contributed by atoms with Crippen LogP contribution in [-0.4, -0.2) is 47.5 Å². The van der Waals surface area contributed by atoms with Crippen molar-refractivity contribution in [1.29, 1.82) is 0 Å². The maximum absolute atomic E-state index is 11.1. The molecule has 2 heterocycles. The topological polar surface area (TPSA) is 90.6 Å². The molecule has 3 rings (SSSR count). The van der Waals surface area contributed by atoms with E-state index in [-0.39, 0.29) is 11.8 Å². The summed E-state index contributed by atoms with van der Waals surface area (Å²) < 4.78 is 11.2. The van der Waals surface area contributed by atoms with Crippen LogP contribution < -0.4 is 15.2 Å². The lowest BCUT2D eigenvalue weighted by atomic mass is 9.93. The molecule has 1 saturated heterocycles. The average molecular weight is 342 g/mol. The predicted octanol–water partition coefficient (Wildman–Crippen LogP) is 1.94. The Morgan fingerprint density at radius 2 is 1.96 bits per heavy atom. The fourth-order valence-corrected chi connectivity index (χ4v) is 3.06. The fourth-order valence-electron chi connectivity index (χ4n) is 3.06. The van der Waals surface area contributed by atoms with Crippen LogP contribution in [-0.2, 0) is 4.79 Å². The Balaban J connectivity index is 1.72. The number of nitrogens with zero attached hydrogens (tertiary/aromatic N) is 3. The summed E-state index contributed by atoms with van der Waals surface area (Å²) in [6.45, 7) is 1.92. The molecule has 7 nitrogen and oxygen atoms in total. The van der Waals surface area contributed by atoms with Gasteiger partial charge in [0.25, 0.3) is 0 Å².